The van der Waals surface area contributed by atoms with Gasteiger partial charge in [-0.15, -0.1) is 0 Å². The number of rotatable bonds is 32. The number of aliphatic hydroxyl groups is 2. The summed E-state index contributed by atoms with van der Waals surface area (Å²) in [5.74, 6) is -4.10. The molecule has 0 aromatic heterocycles. The number of aliphatic hydroxyl groups excluding tert-OH is 2. The quantitative estimate of drug-likeness (QED) is 0.0463. The van der Waals surface area contributed by atoms with Gasteiger partial charge in [0.25, 0.3) is 0 Å². The third-order valence-electron chi connectivity index (χ3n) is 8.55. The molecule has 0 aliphatic heterocycles. The minimum atomic E-state index is -1.58. The molecule has 5 atom stereocenters. The first-order valence-corrected chi connectivity index (χ1v) is 18.6. The van der Waals surface area contributed by atoms with Crippen molar-refractivity contribution < 1.29 is 39.3 Å². The van der Waals surface area contributed by atoms with Gasteiger partial charge in [0.05, 0.1) is 12.7 Å². The Kier molecular flexibility index (Phi) is 28.3. The molecular formula is C35H68N6O8. The van der Waals surface area contributed by atoms with Gasteiger partial charge in [0, 0.05) is 6.42 Å². The maximum Gasteiger partial charge on any atom is 0.328 e. The molecule has 0 aromatic rings. The van der Waals surface area contributed by atoms with Gasteiger partial charge in [-0.3, -0.25) is 19.2 Å². The van der Waals surface area contributed by atoms with Crippen molar-refractivity contribution in [1.82, 2.24) is 21.3 Å². The Morgan fingerprint density at radius 3 is 1.43 bits per heavy atom. The van der Waals surface area contributed by atoms with Crippen LogP contribution in [-0.4, -0.2) is 94.9 Å². The van der Waals surface area contributed by atoms with Gasteiger partial charge in [-0.05, 0) is 65.0 Å². The molecule has 0 fully saturated rings. The Labute approximate surface area is 293 Å². The normalized spacial score (nSPS) is 14.2. The number of aliphatic carboxylic acids is 1. The Balaban J connectivity index is 5.07. The van der Waals surface area contributed by atoms with E-state index in [9.17, 15) is 39.3 Å². The van der Waals surface area contributed by atoms with E-state index in [4.69, 9.17) is 11.5 Å². The number of amides is 4. The molecule has 0 aliphatic rings. The molecule has 0 heterocycles. The monoisotopic (exact) mass is 701 g/mol. The fourth-order valence-electron chi connectivity index (χ4n) is 5.47. The first kappa shape index (κ1) is 46.2. The second kappa shape index (κ2) is 30.1. The van der Waals surface area contributed by atoms with Crippen LogP contribution in [0.1, 0.15) is 142 Å². The Morgan fingerprint density at radius 2 is 1.00 bits per heavy atom. The number of hydrogen-bond donors (Lipinski definition) is 9. The van der Waals surface area contributed by atoms with Crippen molar-refractivity contribution in [3.05, 3.63) is 0 Å². The molecule has 0 aliphatic carbocycles. The van der Waals surface area contributed by atoms with E-state index in [1.165, 1.54) is 64.7 Å². The van der Waals surface area contributed by atoms with E-state index in [1.54, 1.807) is 0 Å². The molecule has 0 saturated heterocycles. The van der Waals surface area contributed by atoms with Crippen molar-refractivity contribution >= 4 is 29.6 Å². The highest BCUT2D eigenvalue weighted by molar-refractivity contribution is 5.95. The topological polar surface area (TPSA) is 246 Å². The van der Waals surface area contributed by atoms with E-state index in [-0.39, 0.29) is 25.2 Å². The molecule has 14 nitrogen and oxygen atoms in total. The van der Waals surface area contributed by atoms with Gasteiger partial charge in [0.15, 0.2) is 0 Å². The van der Waals surface area contributed by atoms with Crippen molar-refractivity contribution in [3.8, 4) is 0 Å². The number of carbonyl (C=O) groups excluding carboxylic acids is 4. The van der Waals surface area contributed by atoms with E-state index in [2.05, 4.69) is 28.2 Å². The standard InChI is InChI=1S/C35H68N6O8/c1-3-4-5-6-7-8-9-10-11-12-13-14-15-22-30(44)38-27(20-16-18-23-36)33(46)41-31(26(2)43)34(47)39-28(21-17-19-24-37)32(45)40-29(25-42)35(48)49/h26-29,31,42-43H,3-25,36-37H2,1-2H3,(H,38,44)(H,39,47)(H,40,45)(H,41,46)(H,48,49). The van der Waals surface area contributed by atoms with Gasteiger partial charge >= 0.3 is 5.97 Å². The summed E-state index contributed by atoms with van der Waals surface area (Å²) in [5, 5.41) is 38.9. The van der Waals surface area contributed by atoms with E-state index in [1.807, 2.05) is 0 Å². The summed E-state index contributed by atoms with van der Waals surface area (Å²) in [6, 6.07) is -5.22. The van der Waals surface area contributed by atoms with Crippen LogP contribution in [0.15, 0.2) is 0 Å². The fourth-order valence-corrected chi connectivity index (χ4v) is 5.47. The van der Waals surface area contributed by atoms with Crippen LogP contribution in [0.25, 0.3) is 0 Å². The number of hydrogen-bond acceptors (Lipinski definition) is 9. The minimum Gasteiger partial charge on any atom is -0.480 e. The molecule has 0 radical (unpaired) electrons. The van der Waals surface area contributed by atoms with Crippen molar-refractivity contribution in [1.29, 1.82) is 0 Å². The summed E-state index contributed by atoms with van der Waals surface area (Å²) in [6.07, 6.45) is 16.9. The predicted octanol–water partition coefficient (Wildman–Crippen LogP) is 2.12. The summed E-state index contributed by atoms with van der Waals surface area (Å²) in [5.41, 5.74) is 11.2. The predicted molar refractivity (Wildman–Crippen MR) is 190 cm³/mol. The molecule has 4 amide bonds. The molecule has 0 bridgehead atoms. The van der Waals surface area contributed by atoms with Gasteiger partial charge in [-0.2, -0.15) is 0 Å². The van der Waals surface area contributed by atoms with Gasteiger partial charge < -0.3 is 48.1 Å². The van der Waals surface area contributed by atoms with Crippen LogP contribution < -0.4 is 32.7 Å². The maximum atomic E-state index is 13.3. The average molecular weight is 701 g/mol. The van der Waals surface area contributed by atoms with Gasteiger partial charge in [-0.1, -0.05) is 84.0 Å². The average Bonchev–Trinajstić information content (AvgIpc) is 3.06. The summed E-state index contributed by atoms with van der Waals surface area (Å²) >= 11 is 0. The lowest BCUT2D eigenvalue weighted by atomic mass is 10.0. The molecule has 0 saturated carbocycles. The SMILES string of the molecule is CCCCCCCCCCCCCCCC(=O)NC(CCCCN)C(=O)NC(C(=O)NC(CCCCN)C(=O)NC(CO)C(=O)O)C(C)O. The number of nitrogens with two attached hydrogens (primary N) is 2. The van der Waals surface area contributed by atoms with E-state index in [0.717, 1.165) is 19.3 Å². The van der Waals surface area contributed by atoms with Crippen molar-refractivity contribution in [2.75, 3.05) is 19.7 Å². The lowest BCUT2D eigenvalue weighted by molar-refractivity contribution is -0.143. The first-order valence-electron chi connectivity index (χ1n) is 18.6. The molecule has 0 spiro atoms. The number of nitrogens with one attached hydrogen (secondary N) is 4. The van der Waals surface area contributed by atoms with Gasteiger partial charge in [-0.25, -0.2) is 4.79 Å². The molecule has 5 unspecified atom stereocenters. The molecule has 286 valence electrons. The van der Waals surface area contributed by atoms with Crippen LogP contribution in [0.5, 0.6) is 0 Å². The molecule has 11 N–H and O–H groups in total. The molecule has 14 heteroatoms. The van der Waals surface area contributed by atoms with Crippen LogP contribution >= 0.6 is 0 Å². The zero-order chi connectivity index (χ0) is 36.9. The highest BCUT2D eigenvalue weighted by Gasteiger charge is 2.33. The zero-order valence-corrected chi connectivity index (χ0v) is 30.2. The fraction of sp³-hybridized carbons (Fsp3) is 0.857. The molecule has 0 rings (SSSR count). The highest BCUT2D eigenvalue weighted by Crippen LogP contribution is 2.13. The summed E-state index contributed by atoms with van der Waals surface area (Å²) < 4.78 is 0. The summed E-state index contributed by atoms with van der Waals surface area (Å²) in [4.78, 5) is 63.5. The van der Waals surface area contributed by atoms with E-state index in [0.29, 0.717) is 45.2 Å². The van der Waals surface area contributed by atoms with Crippen LogP contribution in [0.3, 0.4) is 0 Å². The lowest BCUT2D eigenvalue weighted by Gasteiger charge is -2.27. The zero-order valence-electron chi connectivity index (χ0n) is 30.2. The number of carboxylic acids is 1. The van der Waals surface area contributed by atoms with Crippen LogP contribution in [0.2, 0.25) is 0 Å². The lowest BCUT2D eigenvalue weighted by Crippen LogP contribution is -2.60. The van der Waals surface area contributed by atoms with Crippen LogP contribution in [-0.2, 0) is 24.0 Å². The number of unbranched alkanes of at least 4 members (excludes halogenated alkanes) is 14. The smallest absolute Gasteiger partial charge is 0.328 e. The maximum absolute atomic E-state index is 13.3. The number of carbonyl (C=O) groups is 5. The largest absolute Gasteiger partial charge is 0.480 e. The van der Waals surface area contributed by atoms with Gasteiger partial charge in [0.1, 0.15) is 24.2 Å². The van der Waals surface area contributed by atoms with Crippen molar-refractivity contribution in [2.24, 2.45) is 11.5 Å². The van der Waals surface area contributed by atoms with Gasteiger partial charge in [0.2, 0.25) is 23.6 Å². The third-order valence-corrected chi connectivity index (χ3v) is 8.55. The van der Waals surface area contributed by atoms with Crippen molar-refractivity contribution in [2.45, 2.75) is 173 Å². The second-order valence-electron chi connectivity index (χ2n) is 13.1. The summed E-state index contributed by atoms with van der Waals surface area (Å²) in [6.45, 7) is 3.42. The van der Waals surface area contributed by atoms with E-state index >= 15 is 0 Å². The first-order chi connectivity index (χ1) is 23.5. The Morgan fingerprint density at radius 1 is 0.571 bits per heavy atom. The van der Waals surface area contributed by atoms with Crippen molar-refractivity contribution in [3.63, 3.8) is 0 Å². The molecule has 49 heavy (non-hydrogen) atoms. The van der Waals surface area contributed by atoms with Crippen LogP contribution in [0, 0.1) is 0 Å². The van der Waals surface area contributed by atoms with E-state index < -0.39 is 60.6 Å². The molecular weight excluding hydrogens is 632 g/mol. The number of carboxylic acid groups (broad SMARTS) is 1. The molecule has 0 aromatic carbocycles. The van der Waals surface area contributed by atoms with Crippen LogP contribution in [0.4, 0.5) is 0 Å². The third kappa shape index (κ3) is 23.3. The highest BCUT2D eigenvalue weighted by atomic mass is 16.4. The Bertz CT molecular complexity index is 923. The Hall–Kier alpha value is -2.81. The minimum absolute atomic E-state index is 0.101. The summed E-state index contributed by atoms with van der Waals surface area (Å²) in [7, 11) is 0. The second-order valence-corrected chi connectivity index (χ2v) is 13.1.